The lowest BCUT2D eigenvalue weighted by atomic mass is 10.5. The summed E-state index contributed by atoms with van der Waals surface area (Å²) in [6.07, 6.45) is 4.99. The van der Waals surface area contributed by atoms with E-state index in [4.69, 9.17) is 0 Å². The molecule has 0 aliphatic carbocycles. The summed E-state index contributed by atoms with van der Waals surface area (Å²) in [6, 6.07) is 5.72. The van der Waals surface area contributed by atoms with E-state index in [1.54, 1.807) is 12.4 Å². The third-order valence-corrected chi connectivity index (χ3v) is 1.05. The number of nitrogens with zero attached hydrogens (tertiary/aromatic N) is 2. The van der Waals surface area contributed by atoms with E-state index >= 15 is 0 Å². The molecule has 12 heavy (non-hydrogen) atoms. The molecule has 1 aromatic heterocycles. The second kappa shape index (κ2) is 8.15. The molecule has 0 radical (unpaired) electrons. The SMILES string of the molecule is C1=NCCO1.P.c1ccncc1. The van der Waals surface area contributed by atoms with Gasteiger partial charge in [-0.3, -0.25) is 9.98 Å². The van der Waals surface area contributed by atoms with Crippen molar-refractivity contribution in [2.75, 3.05) is 13.2 Å². The second-order valence-corrected chi connectivity index (χ2v) is 1.91. The first-order valence-corrected chi connectivity index (χ1v) is 3.45. The van der Waals surface area contributed by atoms with Gasteiger partial charge in [-0.15, -0.1) is 0 Å². The van der Waals surface area contributed by atoms with Gasteiger partial charge in [-0.05, 0) is 12.1 Å². The third kappa shape index (κ3) is 5.81. The summed E-state index contributed by atoms with van der Waals surface area (Å²) in [5, 5.41) is 0. The third-order valence-electron chi connectivity index (χ3n) is 1.05. The molecule has 0 aromatic carbocycles. The molecular weight excluding hydrogens is 171 g/mol. The highest BCUT2D eigenvalue weighted by Gasteiger charge is 1.84. The standard InChI is InChI=1S/C5H5N.C3H5NO.H3P/c1-2-4-6-5-3-1;1-2-5-3-4-1;/h1-5H;3H,1-2H2;1H3. The van der Waals surface area contributed by atoms with Gasteiger partial charge in [0.1, 0.15) is 6.61 Å². The Balaban J connectivity index is 0.000000189. The molecule has 0 fully saturated rings. The molecule has 0 amide bonds. The van der Waals surface area contributed by atoms with Gasteiger partial charge in [0.15, 0.2) is 6.40 Å². The van der Waals surface area contributed by atoms with Crippen LogP contribution < -0.4 is 0 Å². The van der Waals surface area contributed by atoms with E-state index in [1.165, 1.54) is 6.40 Å². The first kappa shape index (κ1) is 11.1. The van der Waals surface area contributed by atoms with Crippen LogP contribution in [0.25, 0.3) is 0 Å². The fourth-order valence-corrected chi connectivity index (χ4v) is 0.576. The summed E-state index contributed by atoms with van der Waals surface area (Å²) < 4.78 is 4.65. The first-order valence-electron chi connectivity index (χ1n) is 3.45. The maximum absolute atomic E-state index is 4.65. The molecule has 1 aliphatic heterocycles. The molecule has 0 saturated carbocycles. The number of hydrogen-bond acceptors (Lipinski definition) is 3. The number of pyridine rings is 1. The smallest absolute Gasteiger partial charge is 0.169 e. The van der Waals surface area contributed by atoms with Gasteiger partial charge < -0.3 is 4.74 Å². The molecule has 0 N–H and O–H groups in total. The predicted molar refractivity (Wildman–Crippen MR) is 54.7 cm³/mol. The Morgan fingerprint density at radius 3 is 2.00 bits per heavy atom. The Kier molecular flexibility index (Phi) is 7.50. The van der Waals surface area contributed by atoms with Crippen LogP contribution in [0.1, 0.15) is 0 Å². The van der Waals surface area contributed by atoms with Gasteiger partial charge in [0.05, 0.1) is 6.54 Å². The lowest BCUT2D eigenvalue weighted by Gasteiger charge is -1.76. The monoisotopic (exact) mass is 184 g/mol. The molecule has 1 aromatic rings. The van der Waals surface area contributed by atoms with Crippen molar-refractivity contribution >= 4 is 16.3 Å². The number of aliphatic imine (C=N–C) groups is 1. The molecule has 66 valence electrons. The van der Waals surface area contributed by atoms with Crippen molar-refractivity contribution < 1.29 is 4.74 Å². The Morgan fingerprint density at radius 2 is 1.83 bits per heavy atom. The zero-order chi connectivity index (χ0) is 7.78. The summed E-state index contributed by atoms with van der Waals surface area (Å²) in [4.78, 5) is 7.52. The molecule has 1 atom stereocenters. The van der Waals surface area contributed by atoms with Crippen molar-refractivity contribution in [2.45, 2.75) is 0 Å². The topological polar surface area (TPSA) is 34.5 Å². The first-order chi connectivity index (χ1) is 5.50. The van der Waals surface area contributed by atoms with Crippen LogP contribution in [0.2, 0.25) is 0 Å². The molecule has 1 unspecified atom stereocenters. The van der Waals surface area contributed by atoms with Gasteiger partial charge in [-0.1, -0.05) is 6.07 Å². The van der Waals surface area contributed by atoms with Gasteiger partial charge in [0.2, 0.25) is 0 Å². The molecule has 2 rings (SSSR count). The minimum atomic E-state index is 0. The molecule has 0 saturated heterocycles. The summed E-state index contributed by atoms with van der Waals surface area (Å²) in [7, 11) is 0. The predicted octanol–water partition coefficient (Wildman–Crippen LogP) is 1.18. The highest BCUT2D eigenvalue weighted by atomic mass is 31.0. The van der Waals surface area contributed by atoms with E-state index in [2.05, 4.69) is 14.7 Å². The Hall–Kier alpha value is -0.950. The van der Waals surface area contributed by atoms with Gasteiger partial charge in [0.25, 0.3) is 0 Å². The average molecular weight is 184 g/mol. The van der Waals surface area contributed by atoms with Crippen LogP contribution in [0.3, 0.4) is 0 Å². The normalized spacial score (nSPS) is 12.0. The van der Waals surface area contributed by atoms with Crippen molar-refractivity contribution in [3.05, 3.63) is 30.6 Å². The number of hydrogen-bond donors (Lipinski definition) is 0. The lowest BCUT2D eigenvalue weighted by Crippen LogP contribution is -1.80. The number of rotatable bonds is 0. The molecule has 4 heteroatoms. The van der Waals surface area contributed by atoms with E-state index < -0.39 is 0 Å². The number of aromatic nitrogens is 1. The lowest BCUT2D eigenvalue weighted by molar-refractivity contribution is 0.361. The Bertz CT molecular complexity index is 171. The maximum atomic E-state index is 4.65. The van der Waals surface area contributed by atoms with E-state index in [0.717, 1.165) is 13.2 Å². The van der Waals surface area contributed by atoms with Crippen LogP contribution in [0.5, 0.6) is 0 Å². The summed E-state index contributed by atoms with van der Waals surface area (Å²) in [6.45, 7) is 1.62. The summed E-state index contributed by atoms with van der Waals surface area (Å²) in [5.41, 5.74) is 0. The van der Waals surface area contributed by atoms with Gasteiger partial charge >= 0.3 is 0 Å². The quantitative estimate of drug-likeness (QED) is 0.567. The van der Waals surface area contributed by atoms with Crippen LogP contribution in [0.15, 0.2) is 35.6 Å². The largest absolute Gasteiger partial charge is 0.482 e. The van der Waals surface area contributed by atoms with Crippen molar-refractivity contribution in [3.8, 4) is 0 Å². The van der Waals surface area contributed by atoms with E-state index in [0.29, 0.717) is 0 Å². The molecular formula is C8H13N2OP. The van der Waals surface area contributed by atoms with Crippen molar-refractivity contribution in [3.63, 3.8) is 0 Å². The number of ether oxygens (including phenoxy) is 1. The Labute approximate surface area is 75.5 Å². The van der Waals surface area contributed by atoms with E-state index in [1.807, 2.05) is 18.2 Å². The van der Waals surface area contributed by atoms with E-state index in [9.17, 15) is 0 Å². The minimum absolute atomic E-state index is 0. The zero-order valence-corrected chi connectivity index (χ0v) is 8.30. The molecule has 0 spiro atoms. The van der Waals surface area contributed by atoms with Crippen LogP contribution in [-0.2, 0) is 4.74 Å². The van der Waals surface area contributed by atoms with Crippen molar-refractivity contribution in [1.29, 1.82) is 0 Å². The van der Waals surface area contributed by atoms with E-state index in [-0.39, 0.29) is 9.90 Å². The summed E-state index contributed by atoms with van der Waals surface area (Å²) in [5.74, 6) is 0. The second-order valence-electron chi connectivity index (χ2n) is 1.91. The van der Waals surface area contributed by atoms with Crippen LogP contribution in [-0.4, -0.2) is 24.5 Å². The maximum Gasteiger partial charge on any atom is 0.169 e. The molecule has 1 aliphatic rings. The average Bonchev–Trinajstić information content (AvgIpc) is 2.64. The van der Waals surface area contributed by atoms with Crippen molar-refractivity contribution in [1.82, 2.24) is 4.98 Å². The van der Waals surface area contributed by atoms with Gasteiger partial charge in [-0.2, -0.15) is 9.90 Å². The fourth-order valence-electron chi connectivity index (χ4n) is 0.576. The summed E-state index contributed by atoms with van der Waals surface area (Å²) >= 11 is 0. The van der Waals surface area contributed by atoms with Gasteiger partial charge in [0, 0.05) is 12.4 Å². The highest BCUT2D eigenvalue weighted by molar-refractivity contribution is 6.92. The van der Waals surface area contributed by atoms with Crippen LogP contribution in [0.4, 0.5) is 0 Å². The molecule has 2 heterocycles. The van der Waals surface area contributed by atoms with Crippen LogP contribution >= 0.6 is 9.90 Å². The zero-order valence-electron chi connectivity index (χ0n) is 6.89. The minimum Gasteiger partial charge on any atom is -0.482 e. The van der Waals surface area contributed by atoms with Gasteiger partial charge in [-0.25, -0.2) is 0 Å². The molecule has 0 bridgehead atoms. The van der Waals surface area contributed by atoms with Crippen molar-refractivity contribution in [2.24, 2.45) is 4.99 Å². The van der Waals surface area contributed by atoms with Crippen LogP contribution in [0, 0.1) is 0 Å². The highest BCUT2D eigenvalue weighted by Crippen LogP contribution is 1.78. The fraction of sp³-hybridized carbons (Fsp3) is 0.250. The molecule has 3 nitrogen and oxygen atoms in total. The Morgan fingerprint density at radius 1 is 1.08 bits per heavy atom.